The van der Waals surface area contributed by atoms with E-state index in [1.54, 1.807) is 0 Å². The maximum atomic E-state index is 12.5. The lowest BCUT2D eigenvalue weighted by Crippen LogP contribution is -2.43. The van der Waals surface area contributed by atoms with Crippen molar-refractivity contribution in [2.45, 2.75) is 23.8 Å². The second-order valence-corrected chi connectivity index (χ2v) is 6.59. The predicted octanol–water partition coefficient (Wildman–Crippen LogP) is 0.311. The molecule has 7 heteroatoms. The zero-order valence-electron chi connectivity index (χ0n) is 10.7. The Morgan fingerprint density at radius 2 is 2.32 bits per heavy atom. The van der Waals surface area contributed by atoms with E-state index in [-0.39, 0.29) is 23.2 Å². The average Bonchev–Trinajstić information content (AvgIpc) is 3.24. The molecule has 102 valence electrons. The number of likely N-dealkylation sites (N-methyl/N-ethyl adjacent to an activating group) is 1. The van der Waals surface area contributed by atoms with Gasteiger partial charge in [0.05, 0.1) is 0 Å². The van der Waals surface area contributed by atoms with E-state index >= 15 is 0 Å². The zero-order chi connectivity index (χ0) is 14.0. The van der Waals surface area contributed by atoms with Gasteiger partial charge in [-0.2, -0.15) is 9.57 Å². The van der Waals surface area contributed by atoms with Crippen molar-refractivity contribution >= 4 is 10.0 Å². The molecule has 1 fully saturated rings. The second kappa shape index (κ2) is 5.25. The molecule has 2 N–H and O–H groups in total. The van der Waals surface area contributed by atoms with Crippen LogP contribution in [0, 0.1) is 17.2 Å². The topological polar surface area (TPSA) is 100 Å². The van der Waals surface area contributed by atoms with E-state index in [0.29, 0.717) is 5.92 Å². The van der Waals surface area contributed by atoms with Gasteiger partial charge in [-0.3, -0.25) is 0 Å². The van der Waals surface area contributed by atoms with E-state index in [0.717, 1.165) is 12.8 Å². The highest BCUT2D eigenvalue weighted by atomic mass is 32.2. The van der Waals surface area contributed by atoms with Gasteiger partial charge in [0.2, 0.25) is 10.0 Å². The van der Waals surface area contributed by atoms with Crippen molar-refractivity contribution in [1.82, 2.24) is 9.29 Å². The molecule has 0 aliphatic heterocycles. The van der Waals surface area contributed by atoms with Crippen LogP contribution in [-0.2, 0) is 10.0 Å². The minimum atomic E-state index is -3.73. The molecule has 0 spiro atoms. The first-order valence-electron chi connectivity index (χ1n) is 6.05. The summed E-state index contributed by atoms with van der Waals surface area (Å²) in [5, 5.41) is 8.96. The molecule has 0 radical (unpaired) electrons. The number of nitrogens with zero attached hydrogens (tertiary/aromatic N) is 3. The smallest absolute Gasteiger partial charge is 0.246 e. The molecule has 0 saturated heterocycles. The zero-order valence-corrected chi connectivity index (χ0v) is 11.5. The summed E-state index contributed by atoms with van der Waals surface area (Å²) in [5.41, 5.74) is 5.59. The third-order valence-corrected chi connectivity index (χ3v) is 5.32. The number of hydrogen-bond acceptors (Lipinski definition) is 5. The van der Waals surface area contributed by atoms with Gasteiger partial charge >= 0.3 is 0 Å². The van der Waals surface area contributed by atoms with Crippen LogP contribution in [0.2, 0.25) is 0 Å². The highest BCUT2D eigenvalue weighted by Crippen LogP contribution is 2.36. The molecule has 6 nitrogen and oxygen atoms in total. The predicted molar refractivity (Wildman–Crippen MR) is 69.5 cm³/mol. The monoisotopic (exact) mass is 280 g/mol. The Morgan fingerprint density at radius 3 is 2.84 bits per heavy atom. The molecule has 1 aromatic heterocycles. The molecule has 1 saturated carbocycles. The van der Waals surface area contributed by atoms with Crippen molar-refractivity contribution in [3.63, 3.8) is 0 Å². The van der Waals surface area contributed by atoms with E-state index in [1.165, 1.54) is 29.7 Å². The highest BCUT2D eigenvalue weighted by molar-refractivity contribution is 7.89. The Kier molecular flexibility index (Phi) is 3.85. The van der Waals surface area contributed by atoms with E-state index in [4.69, 9.17) is 11.0 Å². The summed E-state index contributed by atoms with van der Waals surface area (Å²) in [7, 11) is -2.22. The third kappa shape index (κ3) is 2.61. The van der Waals surface area contributed by atoms with Crippen LogP contribution in [0.1, 0.15) is 18.5 Å². The van der Waals surface area contributed by atoms with Crippen LogP contribution in [-0.4, -0.2) is 37.3 Å². The molecular weight excluding hydrogens is 264 g/mol. The Bertz CT molecular complexity index is 604. The van der Waals surface area contributed by atoms with E-state index in [1.807, 2.05) is 6.07 Å². The Balaban J connectivity index is 2.39. The van der Waals surface area contributed by atoms with Crippen LogP contribution in [0.4, 0.5) is 0 Å². The summed E-state index contributed by atoms with van der Waals surface area (Å²) in [6.45, 7) is 0.280. The van der Waals surface area contributed by atoms with Crippen molar-refractivity contribution in [3.05, 3.63) is 24.0 Å². The number of pyridine rings is 1. The Hall–Kier alpha value is -1.49. The van der Waals surface area contributed by atoms with Crippen molar-refractivity contribution in [3.8, 4) is 6.07 Å². The van der Waals surface area contributed by atoms with Crippen LogP contribution in [0.5, 0.6) is 0 Å². The molecule has 1 atom stereocenters. The maximum Gasteiger partial charge on any atom is 0.246 e. The quantitative estimate of drug-likeness (QED) is 0.836. The van der Waals surface area contributed by atoms with E-state index in [2.05, 4.69) is 4.98 Å². The van der Waals surface area contributed by atoms with Crippen LogP contribution < -0.4 is 5.73 Å². The molecule has 2 rings (SSSR count). The molecular formula is C12H16N4O2S. The molecule has 0 aromatic carbocycles. The molecule has 0 bridgehead atoms. The summed E-state index contributed by atoms with van der Waals surface area (Å²) in [6.07, 6.45) is 3.40. The summed E-state index contributed by atoms with van der Waals surface area (Å²) in [6, 6.07) is 4.51. The van der Waals surface area contributed by atoms with Gasteiger partial charge in [0.1, 0.15) is 11.0 Å². The number of aromatic nitrogens is 1. The third-order valence-electron chi connectivity index (χ3n) is 3.41. The van der Waals surface area contributed by atoms with E-state index < -0.39 is 10.0 Å². The van der Waals surface area contributed by atoms with Gasteiger partial charge in [-0.05, 0) is 30.9 Å². The lowest BCUT2D eigenvalue weighted by Gasteiger charge is -2.26. The fourth-order valence-corrected chi connectivity index (χ4v) is 3.65. The highest BCUT2D eigenvalue weighted by Gasteiger charge is 2.38. The molecule has 0 amide bonds. The standard InChI is InChI=1S/C12H16N4O2S/c1-16(11(8-14)9-4-5-9)19(17,18)12-3-2-6-15-10(12)7-13/h2-3,6,9,11H,4-5,8,14H2,1H3. The lowest BCUT2D eigenvalue weighted by molar-refractivity contribution is 0.340. The van der Waals surface area contributed by atoms with Crippen LogP contribution in [0.3, 0.4) is 0 Å². The summed E-state index contributed by atoms with van der Waals surface area (Å²) in [5.74, 6) is 0.326. The molecule has 1 aromatic rings. The summed E-state index contributed by atoms with van der Waals surface area (Å²) >= 11 is 0. The molecule has 1 heterocycles. The van der Waals surface area contributed by atoms with Crippen molar-refractivity contribution < 1.29 is 8.42 Å². The minimum Gasteiger partial charge on any atom is -0.329 e. The fraction of sp³-hybridized carbons (Fsp3) is 0.500. The SMILES string of the molecule is CN(C(CN)C1CC1)S(=O)(=O)c1cccnc1C#N. The number of hydrogen-bond donors (Lipinski definition) is 1. The average molecular weight is 280 g/mol. The van der Waals surface area contributed by atoms with Gasteiger partial charge in [-0.15, -0.1) is 0 Å². The van der Waals surface area contributed by atoms with Gasteiger partial charge in [-0.1, -0.05) is 0 Å². The Labute approximate surface area is 112 Å². The molecule has 1 unspecified atom stereocenters. The maximum absolute atomic E-state index is 12.5. The number of nitriles is 1. The first-order chi connectivity index (χ1) is 9.02. The van der Waals surface area contributed by atoms with Gasteiger partial charge in [0, 0.05) is 25.8 Å². The fourth-order valence-electron chi connectivity index (χ4n) is 2.13. The normalized spacial score (nSPS) is 17.2. The van der Waals surface area contributed by atoms with Gasteiger partial charge < -0.3 is 5.73 Å². The molecule has 1 aliphatic rings. The summed E-state index contributed by atoms with van der Waals surface area (Å²) in [4.78, 5) is 3.74. The summed E-state index contributed by atoms with van der Waals surface area (Å²) < 4.78 is 26.3. The molecule has 1 aliphatic carbocycles. The van der Waals surface area contributed by atoms with E-state index in [9.17, 15) is 8.42 Å². The molecule has 19 heavy (non-hydrogen) atoms. The first-order valence-corrected chi connectivity index (χ1v) is 7.49. The number of nitrogens with two attached hydrogens (primary N) is 1. The second-order valence-electron chi connectivity index (χ2n) is 4.62. The largest absolute Gasteiger partial charge is 0.329 e. The van der Waals surface area contributed by atoms with Crippen molar-refractivity contribution in [1.29, 1.82) is 5.26 Å². The van der Waals surface area contributed by atoms with Gasteiger partial charge in [-0.25, -0.2) is 13.4 Å². The van der Waals surface area contributed by atoms with Crippen molar-refractivity contribution in [2.75, 3.05) is 13.6 Å². The lowest BCUT2D eigenvalue weighted by atomic mass is 10.2. The van der Waals surface area contributed by atoms with Gasteiger partial charge in [0.15, 0.2) is 5.69 Å². The van der Waals surface area contributed by atoms with Gasteiger partial charge in [0.25, 0.3) is 0 Å². The van der Waals surface area contributed by atoms with Crippen molar-refractivity contribution in [2.24, 2.45) is 11.7 Å². The minimum absolute atomic E-state index is 0.0564. The van der Waals surface area contributed by atoms with Crippen LogP contribution in [0.25, 0.3) is 0 Å². The number of rotatable bonds is 5. The number of sulfonamides is 1. The van der Waals surface area contributed by atoms with Crippen LogP contribution in [0.15, 0.2) is 23.2 Å². The first kappa shape index (κ1) is 13.9. The van der Waals surface area contributed by atoms with Crippen LogP contribution >= 0.6 is 0 Å². The Morgan fingerprint density at radius 1 is 1.63 bits per heavy atom.